The van der Waals surface area contributed by atoms with Gasteiger partial charge in [-0.1, -0.05) is 12.1 Å². The lowest BCUT2D eigenvalue weighted by Crippen LogP contribution is -2.49. The van der Waals surface area contributed by atoms with E-state index in [1.165, 1.54) is 21.9 Å². The van der Waals surface area contributed by atoms with Crippen molar-refractivity contribution in [2.24, 2.45) is 0 Å². The molecule has 0 saturated heterocycles. The Morgan fingerprint density at radius 1 is 1.18 bits per heavy atom. The molecule has 1 aliphatic heterocycles. The zero-order valence-electron chi connectivity index (χ0n) is 16.1. The summed E-state index contributed by atoms with van der Waals surface area (Å²) in [6.07, 6.45) is 2.70. The minimum Gasteiger partial charge on any atom is -0.331 e. The Balaban J connectivity index is 1.62. The molecule has 4 rings (SSSR count). The van der Waals surface area contributed by atoms with Gasteiger partial charge in [-0.15, -0.1) is 11.3 Å². The van der Waals surface area contributed by atoms with Crippen molar-refractivity contribution in [3.63, 3.8) is 0 Å². The van der Waals surface area contributed by atoms with Crippen molar-refractivity contribution in [1.29, 1.82) is 0 Å². The second-order valence-corrected chi connectivity index (χ2v) is 8.63. The summed E-state index contributed by atoms with van der Waals surface area (Å²) in [5.74, 6) is -0.354. The van der Waals surface area contributed by atoms with E-state index in [0.29, 0.717) is 6.54 Å². The van der Waals surface area contributed by atoms with Gasteiger partial charge in [0.05, 0.1) is 6.04 Å². The molecule has 0 bridgehead atoms. The number of thiophene rings is 1. The molecule has 28 heavy (non-hydrogen) atoms. The van der Waals surface area contributed by atoms with E-state index < -0.39 is 0 Å². The zero-order valence-corrected chi connectivity index (χ0v) is 16.9. The van der Waals surface area contributed by atoms with Gasteiger partial charge in [0, 0.05) is 31.6 Å². The topological polar surface area (TPSA) is 43.9 Å². The molecule has 148 valence electrons. The number of carbonyl (C=O) groups is 2. The van der Waals surface area contributed by atoms with Gasteiger partial charge in [0.15, 0.2) is 0 Å². The van der Waals surface area contributed by atoms with Crippen LogP contribution in [0.4, 0.5) is 9.18 Å². The van der Waals surface area contributed by atoms with Crippen LogP contribution in [0.15, 0.2) is 35.7 Å². The van der Waals surface area contributed by atoms with E-state index in [1.54, 1.807) is 42.5 Å². The van der Waals surface area contributed by atoms with E-state index in [4.69, 9.17) is 0 Å². The smallest absolute Gasteiger partial charge is 0.320 e. The summed E-state index contributed by atoms with van der Waals surface area (Å²) in [6.45, 7) is 0.682. The molecule has 1 fully saturated rings. The molecular weight excluding hydrogens is 377 g/mol. The quantitative estimate of drug-likeness (QED) is 0.787. The second kappa shape index (κ2) is 7.54. The first-order valence-electron chi connectivity index (χ1n) is 9.55. The van der Waals surface area contributed by atoms with Gasteiger partial charge < -0.3 is 14.7 Å². The van der Waals surface area contributed by atoms with Crippen LogP contribution in [0, 0.1) is 5.82 Å². The number of nitrogens with zero attached hydrogens (tertiary/aromatic N) is 3. The summed E-state index contributed by atoms with van der Waals surface area (Å²) < 4.78 is 13.5. The number of halogens is 1. The summed E-state index contributed by atoms with van der Waals surface area (Å²) in [5.41, 5.74) is 2.00. The maximum absolute atomic E-state index is 13.5. The highest BCUT2D eigenvalue weighted by molar-refractivity contribution is 7.10. The summed E-state index contributed by atoms with van der Waals surface area (Å²) >= 11 is 1.70. The van der Waals surface area contributed by atoms with Crippen LogP contribution in [0.3, 0.4) is 0 Å². The molecule has 2 aliphatic rings. The Morgan fingerprint density at radius 3 is 2.54 bits per heavy atom. The third-order valence-corrected chi connectivity index (χ3v) is 6.39. The molecule has 1 aromatic carbocycles. The predicted octanol–water partition coefficient (Wildman–Crippen LogP) is 3.51. The highest BCUT2D eigenvalue weighted by Crippen LogP contribution is 2.38. The number of hydrogen-bond acceptors (Lipinski definition) is 3. The van der Waals surface area contributed by atoms with Crippen LogP contribution in [-0.2, 0) is 11.2 Å². The fourth-order valence-electron chi connectivity index (χ4n) is 3.82. The number of urea groups is 1. The van der Waals surface area contributed by atoms with Crippen LogP contribution < -0.4 is 0 Å². The monoisotopic (exact) mass is 401 g/mol. The van der Waals surface area contributed by atoms with Crippen LogP contribution in [0.5, 0.6) is 0 Å². The first kappa shape index (κ1) is 18.9. The highest BCUT2D eigenvalue weighted by Gasteiger charge is 2.38. The van der Waals surface area contributed by atoms with E-state index in [2.05, 4.69) is 6.07 Å². The average molecular weight is 402 g/mol. The SMILES string of the molecule is CN(C)C(=O)N(CC(=O)N1CCc2sccc2[C@H]1c1ccc(F)cc1)C1CC1. The Hall–Kier alpha value is -2.41. The first-order valence-corrected chi connectivity index (χ1v) is 10.4. The van der Waals surface area contributed by atoms with Gasteiger partial charge in [-0.05, 0) is 54.0 Å². The molecule has 5 nitrogen and oxygen atoms in total. The van der Waals surface area contributed by atoms with Gasteiger partial charge in [0.1, 0.15) is 12.4 Å². The first-order chi connectivity index (χ1) is 13.5. The van der Waals surface area contributed by atoms with Gasteiger partial charge >= 0.3 is 6.03 Å². The average Bonchev–Trinajstić information content (AvgIpc) is 3.41. The minimum atomic E-state index is -0.292. The summed E-state index contributed by atoms with van der Waals surface area (Å²) in [4.78, 5) is 32.1. The normalized spacial score (nSPS) is 18.5. The number of rotatable bonds is 4. The Morgan fingerprint density at radius 2 is 1.89 bits per heavy atom. The molecule has 0 spiro atoms. The standard InChI is InChI=1S/C21H24FN3O2S/c1-23(2)21(27)25(16-7-8-16)13-19(26)24-11-9-18-17(10-12-28-18)20(24)14-3-5-15(22)6-4-14/h3-6,10,12,16,20H,7-9,11,13H2,1-2H3/t20-/m1/s1. The molecule has 1 aromatic heterocycles. The molecular formula is C21H24FN3O2S. The second-order valence-electron chi connectivity index (χ2n) is 7.63. The lowest BCUT2D eigenvalue weighted by atomic mass is 9.93. The van der Waals surface area contributed by atoms with E-state index >= 15 is 0 Å². The van der Waals surface area contributed by atoms with Crippen LogP contribution in [-0.4, -0.2) is 59.9 Å². The third-order valence-electron chi connectivity index (χ3n) is 5.39. The van der Waals surface area contributed by atoms with Crippen LogP contribution in [0.25, 0.3) is 0 Å². The molecule has 2 aromatic rings. The third kappa shape index (κ3) is 3.63. The van der Waals surface area contributed by atoms with Crippen molar-refractivity contribution >= 4 is 23.3 Å². The lowest BCUT2D eigenvalue weighted by Gasteiger charge is -2.38. The zero-order chi connectivity index (χ0) is 19.8. The van der Waals surface area contributed by atoms with Crippen molar-refractivity contribution < 1.29 is 14.0 Å². The maximum atomic E-state index is 13.5. The van der Waals surface area contributed by atoms with Crippen molar-refractivity contribution in [3.05, 3.63) is 57.5 Å². The van der Waals surface area contributed by atoms with Crippen LogP contribution in [0.2, 0.25) is 0 Å². The molecule has 1 saturated carbocycles. The number of hydrogen-bond donors (Lipinski definition) is 0. The Kier molecular flexibility index (Phi) is 5.10. The van der Waals surface area contributed by atoms with E-state index in [1.807, 2.05) is 10.3 Å². The maximum Gasteiger partial charge on any atom is 0.320 e. The lowest BCUT2D eigenvalue weighted by molar-refractivity contribution is -0.134. The van der Waals surface area contributed by atoms with Crippen LogP contribution in [0.1, 0.15) is 34.9 Å². The van der Waals surface area contributed by atoms with Gasteiger partial charge in [-0.25, -0.2) is 9.18 Å². The van der Waals surface area contributed by atoms with Crippen molar-refractivity contribution in [2.75, 3.05) is 27.2 Å². The Labute approximate surface area is 168 Å². The van der Waals surface area contributed by atoms with E-state index in [0.717, 1.165) is 30.4 Å². The summed E-state index contributed by atoms with van der Waals surface area (Å²) in [7, 11) is 3.42. The molecule has 0 N–H and O–H groups in total. The summed E-state index contributed by atoms with van der Waals surface area (Å²) in [5, 5.41) is 2.04. The number of carbonyl (C=O) groups excluding carboxylic acids is 2. The molecule has 2 heterocycles. The van der Waals surface area contributed by atoms with Crippen molar-refractivity contribution in [1.82, 2.24) is 14.7 Å². The minimum absolute atomic E-state index is 0.0618. The number of benzene rings is 1. The molecule has 0 radical (unpaired) electrons. The van der Waals surface area contributed by atoms with E-state index in [-0.39, 0.29) is 36.4 Å². The predicted molar refractivity (Wildman–Crippen MR) is 107 cm³/mol. The fraction of sp³-hybridized carbons (Fsp3) is 0.429. The molecule has 1 atom stereocenters. The van der Waals surface area contributed by atoms with Gasteiger partial charge in [-0.3, -0.25) is 4.79 Å². The molecule has 7 heteroatoms. The summed E-state index contributed by atoms with van der Waals surface area (Å²) in [6, 6.07) is 8.21. The molecule has 3 amide bonds. The fourth-order valence-corrected chi connectivity index (χ4v) is 4.73. The van der Waals surface area contributed by atoms with Gasteiger partial charge in [0.2, 0.25) is 5.91 Å². The highest BCUT2D eigenvalue weighted by atomic mass is 32.1. The van der Waals surface area contributed by atoms with Crippen LogP contribution >= 0.6 is 11.3 Å². The number of amides is 3. The van der Waals surface area contributed by atoms with E-state index in [9.17, 15) is 14.0 Å². The molecule has 1 aliphatic carbocycles. The Bertz CT molecular complexity index is 876. The number of fused-ring (bicyclic) bond motifs is 1. The van der Waals surface area contributed by atoms with Crippen molar-refractivity contribution in [3.8, 4) is 0 Å². The molecule has 0 unspecified atom stereocenters. The van der Waals surface area contributed by atoms with Crippen molar-refractivity contribution in [2.45, 2.75) is 31.3 Å². The largest absolute Gasteiger partial charge is 0.331 e. The van der Waals surface area contributed by atoms with Gasteiger partial charge in [0.25, 0.3) is 0 Å². The van der Waals surface area contributed by atoms with Gasteiger partial charge in [-0.2, -0.15) is 0 Å².